The van der Waals surface area contributed by atoms with Gasteiger partial charge in [0.05, 0.1) is 5.52 Å². The fourth-order valence-electron chi connectivity index (χ4n) is 5.92. The molecule has 0 saturated heterocycles. The van der Waals surface area contributed by atoms with Crippen molar-refractivity contribution in [3.63, 3.8) is 0 Å². The fraction of sp³-hybridized carbons (Fsp3) is 0.0233. The minimum absolute atomic E-state index is 0.628. The number of fused-ring (bicyclic) bond motifs is 1. The van der Waals surface area contributed by atoms with Crippen LogP contribution in [-0.4, -0.2) is 19.9 Å². The van der Waals surface area contributed by atoms with Gasteiger partial charge in [0.1, 0.15) is 0 Å². The zero-order valence-corrected chi connectivity index (χ0v) is 25.9. The number of aryl methyl sites for hydroxylation is 1. The Labute approximate surface area is 274 Å². The molecule has 8 aromatic rings. The number of rotatable bonds is 6. The highest BCUT2D eigenvalue weighted by molar-refractivity contribution is 5.94. The number of para-hydroxylation sites is 1. The molecule has 8 rings (SSSR count). The van der Waals surface area contributed by atoms with Crippen LogP contribution in [0.25, 0.3) is 78.4 Å². The number of hydrogen-bond acceptors (Lipinski definition) is 4. The van der Waals surface area contributed by atoms with Gasteiger partial charge < -0.3 is 0 Å². The van der Waals surface area contributed by atoms with Crippen LogP contribution in [0.5, 0.6) is 0 Å². The summed E-state index contributed by atoms with van der Waals surface area (Å²) in [5.74, 6) is 1.90. The summed E-state index contributed by atoms with van der Waals surface area (Å²) in [6.45, 7) is 2.03. The molecule has 0 spiro atoms. The smallest absolute Gasteiger partial charge is 0.164 e. The predicted octanol–water partition coefficient (Wildman–Crippen LogP) is 10.7. The van der Waals surface area contributed by atoms with Gasteiger partial charge in [0, 0.05) is 33.3 Å². The van der Waals surface area contributed by atoms with Crippen molar-refractivity contribution in [2.75, 3.05) is 0 Å². The molecule has 0 aliphatic heterocycles. The SMILES string of the molecule is Cc1ccc2cccc(-c3ccc(-c4nc(-c5ccc(-c6ccccc6)cc5)nc(-c5ccc(-c6ccccc6)cc5)n4)cc3)c2n1. The Morgan fingerprint density at radius 3 is 1.17 bits per heavy atom. The average molecular weight is 603 g/mol. The Kier molecular flexibility index (Phi) is 7.37. The lowest BCUT2D eigenvalue weighted by Crippen LogP contribution is -2.00. The quantitative estimate of drug-likeness (QED) is 0.190. The molecule has 4 heteroatoms. The van der Waals surface area contributed by atoms with Crippen molar-refractivity contribution in [2.45, 2.75) is 6.92 Å². The minimum atomic E-state index is 0.628. The number of hydrogen-bond donors (Lipinski definition) is 0. The van der Waals surface area contributed by atoms with E-state index in [9.17, 15) is 0 Å². The van der Waals surface area contributed by atoms with Gasteiger partial charge in [-0.05, 0) is 40.8 Å². The first-order chi connectivity index (χ1) is 23.2. The Morgan fingerprint density at radius 2 is 0.702 bits per heavy atom. The average Bonchev–Trinajstić information content (AvgIpc) is 3.15. The maximum atomic E-state index is 5.00. The van der Waals surface area contributed by atoms with Gasteiger partial charge in [-0.3, -0.25) is 4.98 Å². The molecule has 6 aromatic carbocycles. The van der Waals surface area contributed by atoms with Crippen LogP contribution in [0.1, 0.15) is 5.69 Å². The van der Waals surface area contributed by atoms with Gasteiger partial charge in [-0.15, -0.1) is 0 Å². The van der Waals surface area contributed by atoms with Gasteiger partial charge in [0.15, 0.2) is 17.5 Å². The van der Waals surface area contributed by atoms with E-state index < -0.39 is 0 Å². The topological polar surface area (TPSA) is 51.6 Å². The third-order valence-corrected chi connectivity index (χ3v) is 8.45. The first-order valence-corrected chi connectivity index (χ1v) is 15.7. The number of nitrogens with zero attached hydrogens (tertiary/aromatic N) is 4. The van der Waals surface area contributed by atoms with E-state index in [-0.39, 0.29) is 0 Å². The number of pyridine rings is 1. The van der Waals surface area contributed by atoms with Crippen molar-refractivity contribution in [1.29, 1.82) is 0 Å². The van der Waals surface area contributed by atoms with E-state index in [1.54, 1.807) is 0 Å². The highest BCUT2D eigenvalue weighted by Crippen LogP contribution is 2.31. The largest absolute Gasteiger partial charge is 0.252 e. The minimum Gasteiger partial charge on any atom is -0.252 e. The molecule has 0 atom stereocenters. The monoisotopic (exact) mass is 602 g/mol. The Hall–Kier alpha value is -6.26. The van der Waals surface area contributed by atoms with Gasteiger partial charge in [-0.1, -0.05) is 158 Å². The molecule has 0 radical (unpaired) electrons. The van der Waals surface area contributed by atoms with Gasteiger partial charge >= 0.3 is 0 Å². The Morgan fingerprint density at radius 1 is 0.298 bits per heavy atom. The molecule has 2 heterocycles. The highest BCUT2D eigenvalue weighted by Gasteiger charge is 2.14. The molecule has 0 amide bonds. The fourth-order valence-corrected chi connectivity index (χ4v) is 5.92. The summed E-state index contributed by atoms with van der Waals surface area (Å²) in [5, 5.41) is 1.13. The summed E-state index contributed by atoms with van der Waals surface area (Å²) in [6, 6.07) is 56.5. The molecule has 4 nitrogen and oxygen atoms in total. The van der Waals surface area contributed by atoms with Gasteiger partial charge in [-0.25, -0.2) is 15.0 Å². The second-order valence-electron chi connectivity index (χ2n) is 11.6. The van der Waals surface area contributed by atoms with E-state index in [1.807, 2.05) is 19.1 Å². The van der Waals surface area contributed by atoms with Gasteiger partial charge in [0.2, 0.25) is 0 Å². The Balaban J connectivity index is 1.20. The molecular formula is C43H30N4. The summed E-state index contributed by atoms with van der Waals surface area (Å²) in [6.07, 6.45) is 0. The zero-order valence-electron chi connectivity index (χ0n) is 25.9. The third-order valence-electron chi connectivity index (χ3n) is 8.45. The molecule has 0 N–H and O–H groups in total. The lowest BCUT2D eigenvalue weighted by atomic mass is 10.00. The standard InChI is InChI=1S/C43H30N4/c1-29-15-16-35-13-8-14-39(40(35)44-29)34-21-27-38(28-22-34)43-46-41(36-23-17-32(18-24-36)30-9-4-2-5-10-30)45-42(47-43)37-25-19-33(20-26-37)31-11-6-3-7-12-31/h2-28H,1H3. The maximum Gasteiger partial charge on any atom is 0.164 e. The highest BCUT2D eigenvalue weighted by atomic mass is 15.0. The second kappa shape index (κ2) is 12.3. The van der Waals surface area contributed by atoms with E-state index in [4.69, 9.17) is 19.9 Å². The van der Waals surface area contributed by atoms with Crippen LogP contribution in [0.15, 0.2) is 164 Å². The van der Waals surface area contributed by atoms with E-state index in [1.165, 1.54) is 11.1 Å². The molecule has 2 aromatic heterocycles. The summed E-state index contributed by atoms with van der Waals surface area (Å²) in [4.78, 5) is 19.8. The van der Waals surface area contributed by atoms with Crippen molar-refractivity contribution < 1.29 is 0 Å². The van der Waals surface area contributed by atoms with Crippen LogP contribution in [0.3, 0.4) is 0 Å². The van der Waals surface area contributed by atoms with Crippen LogP contribution in [0.4, 0.5) is 0 Å². The van der Waals surface area contributed by atoms with E-state index in [0.29, 0.717) is 17.5 Å². The predicted molar refractivity (Wildman–Crippen MR) is 192 cm³/mol. The molecule has 0 bridgehead atoms. The number of benzene rings is 6. The summed E-state index contributed by atoms with van der Waals surface area (Å²) in [5.41, 5.74) is 11.6. The molecular weight excluding hydrogens is 573 g/mol. The van der Waals surface area contributed by atoms with Crippen molar-refractivity contribution in [2.24, 2.45) is 0 Å². The zero-order chi connectivity index (χ0) is 31.6. The first-order valence-electron chi connectivity index (χ1n) is 15.7. The maximum absolute atomic E-state index is 5.00. The molecule has 0 unspecified atom stereocenters. The van der Waals surface area contributed by atoms with Crippen LogP contribution in [0, 0.1) is 6.92 Å². The molecule has 0 saturated carbocycles. The summed E-state index contributed by atoms with van der Waals surface area (Å²) >= 11 is 0. The molecule has 0 aliphatic rings. The van der Waals surface area contributed by atoms with Crippen LogP contribution < -0.4 is 0 Å². The molecule has 47 heavy (non-hydrogen) atoms. The van der Waals surface area contributed by atoms with Crippen molar-refractivity contribution >= 4 is 10.9 Å². The van der Waals surface area contributed by atoms with Crippen LogP contribution in [0.2, 0.25) is 0 Å². The van der Waals surface area contributed by atoms with Crippen molar-refractivity contribution in [1.82, 2.24) is 19.9 Å². The normalized spacial score (nSPS) is 11.1. The lowest BCUT2D eigenvalue weighted by Gasteiger charge is -2.11. The van der Waals surface area contributed by atoms with Crippen molar-refractivity contribution in [3.05, 3.63) is 169 Å². The van der Waals surface area contributed by atoms with E-state index in [2.05, 4.69) is 152 Å². The number of aromatic nitrogens is 4. The van der Waals surface area contributed by atoms with Gasteiger partial charge in [-0.2, -0.15) is 0 Å². The summed E-state index contributed by atoms with van der Waals surface area (Å²) in [7, 11) is 0. The van der Waals surface area contributed by atoms with Crippen LogP contribution in [-0.2, 0) is 0 Å². The van der Waals surface area contributed by atoms with Gasteiger partial charge in [0.25, 0.3) is 0 Å². The summed E-state index contributed by atoms with van der Waals surface area (Å²) < 4.78 is 0. The van der Waals surface area contributed by atoms with Crippen molar-refractivity contribution in [3.8, 4) is 67.5 Å². The van der Waals surface area contributed by atoms with E-state index >= 15 is 0 Å². The van der Waals surface area contributed by atoms with Crippen LogP contribution >= 0.6 is 0 Å². The third kappa shape index (κ3) is 5.81. The molecule has 0 fully saturated rings. The lowest BCUT2D eigenvalue weighted by molar-refractivity contribution is 1.07. The second-order valence-corrected chi connectivity index (χ2v) is 11.6. The molecule has 0 aliphatic carbocycles. The molecule has 222 valence electrons. The Bertz CT molecular complexity index is 2210. The first kappa shape index (κ1) is 28.2. The van der Waals surface area contributed by atoms with E-state index in [0.717, 1.165) is 55.5 Å².